The Kier molecular flexibility index (Phi) is 14.1. The molecule has 0 bridgehead atoms. The third-order valence-electron chi connectivity index (χ3n) is 2.27. The number of hydrogen-bond donors (Lipinski definition) is 2. The first kappa shape index (κ1) is 19.7. The maximum absolute atomic E-state index is 8.78. The van der Waals surface area contributed by atoms with Gasteiger partial charge in [-0.15, -0.1) is 0 Å². The predicted octanol–water partition coefficient (Wildman–Crippen LogP) is 4.08. The van der Waals surface area contributed by atoms with Crippen LogP contribution in [0, 0.1) is 5.92 Å². The molecular weight excluding hydrogens is 224 g/mol. The van der Waals surface area contributed by atoms with Crippen molar-refractivity contribution in [2.45, 2.75) is 73.0 Å². The van der Waals surface area contributed by atoms with Crippen molar-refractivity contribution in [1.29, 1.82) is 0 Å². The fourth-order valence-electron chi connectivity index (χ4n) is 1.55. The molecule has 0 aliphatic heterocycles. The van der Waals surface area contributed by atoms with Crippen molar-refractivity contribution in [3.8, 4) is 0 Å². The van der Waals surface area contributed by atoms with Gasteiger partial charge in [-0.3, -0.25) is 0 Å². The quantitative estimate of drug-likeness (QED) is 0.703. The highest BCUT2D eigenvalue weighted by molar-refractivity contribution is 5.15. The lowest BCUT2D eigenvalue weighted by atomic mass is 10.1. The highest BCUT2D eigenvalue weighted by Gasteiger charge is 1.97. The summed E-state index contributed by atoms with van der Waals surface area (Å²) in [5, 5.41) is 17.6. The SMILES string of the molecule is CC(O)CCCC(C)O.CC=CC(C)=CC(C)C. The van der Waals surface area contributed by atoms with Crippen LogP contribution in [0.2, 0.25) is 0 Å². The lowest BCUT2D eigenvalue weighted by Gasteiger charge is -2.04. The van der Waals surface area contributed by atoms with Gasteiger partial charge < -0.3 is 10.2 Å². The van der Waals surface area contributed by atoms with Crippen molar-refractivity contribution >= 4 is 0 Å². The fraction of sp³-hybridized carbons (Fsp3) is 0.750. The molecular formula is C16H32O2. The van der Waals surface area contributed by atoms with E-state index < -0.39 is 0 Å². The van der Waals surface area contributed by atoms with E-state index >= 15 is 0 Å². The third kappa shape index (κ3) is 20.8. The van der Waals surface area contributed by atoms with E-state index in [4.69, 9.17) is 10.2 Å². The van der Waals surface area contributed by atoms with Crippen LogP contribution in [0.1, 0.15) is 60.8 Å². The monoisotopic (exact) mass is 256 g/mol. The van der Waals surface area contributed by atoms with Crippen molar-refractivity contribution in [3.05, 3.63) is 23.8 Å². The van der Waals surface area contributed by atoms with Crippen molar-refractivity contribution in [3.63, 3.8) is 0 Å². The Balaban J connectivity index is 0. The molecule has 0 aliphatic carbocycles. The van der Waals surface area contributed by atoms with Gasteiger partial charge in [-0.05, 0) is 52.9 Å². The van der Waals surface area contributed by atoms with Crippen molar-refractivity contribution < 1.29 is 10.2 Å². The number of hydrogen-bond acceptors (Lipinski definition) is 2. The molecule has 0 radical (unpaired) electrons. The largest absolute Gasteiger partial charge is 0.393 e. The van der Waals surface area contributed by atoms with Gasteiger partial charge >= 0.3 is 0 Å². The van der Waals surface area contributed by atoms with Crippen LogP contribution in [0.15, 0.2) is 23.8 Å². The first-order chi connectivity index (χ1) is 8.29. The Labute approximate surface area is 113 Å². The lowest BCUT2D eigenvalue weighted by Crippen LogP contribution is -2.03. The number of aliphatic hydroxyl groups excluding tert-OH is 2. The smallest absolute Gasteiger partial charge is 0.0512 e. The summed E-state index contributed by atoms with van der Waals surface area (Å²) in [6.45, 7) is 12.1. The van der Waals surface area contributed by atoms with E-state index in [0.717, 1.165) is 19.3 Å². The molecule has 2 N–H and O–H groups in total. The Hall–Kier alpha value is -0.600. The van der Waals surface area contributed by atoms with Gasteiger partial charge in [-0.2, -0.15) is 0 Å². The van der Waals surface area contributed by atoms with E-state index in [1.54, 1.807) is 13.8 Å². The van der Waals surface area contributed by atoms with E-state index in [1.807, 2.05) is 6.92 Å². The highest BCUT2D eigenvalue weighted by atomic mass is 16.3. The first-order valence-corrected chi connectivity index (χ1v) is 6.96. The van der Waals surface area contributed by atoms with Gasteiger partial charge in [-0.25, -0.2) is 0 Å². The van der Waals surface area contributed by atoms with Gasteiger partial charge in [-0.1, -0.05) is 37.6 Å². The maximum atomic E-state index is 8.78. The van der Waals surface area contributed by atoms with Gasteiger partial charge in [0.1, 0.15) is 0 Å². The summed E-state index contributed by atoms with van der Waals surface area (Å²) in [5.41, 5.74) is 1.35. The molecule has 0 rings (SSSR count). The van der Waals surface area contributed by atoms with Crippen LogP contribution >= 0.6 is 0 Å². The van der Waals surface area contributed by atoms with Gasteiger partial charge in [0.2, 0.25) is 0 Å². The molecule has 2 atom stereocenters. The molecule has 0 heterocycles. The predicted molar refractivity (Wildman–Crippen MR) is 80.6 cm³/mol. The second-order valence-corrected chi connectivity index (χ2v) is 5.28. The Morgan fingerprint density at radius 2 is 1.44 bits per heavy atom. The summed E-state index contributed by atoms with van der Waals surface area (Å²) in [4.78, 5) is 0. The molecule has 0 saturated carbocycles. The average molecular weight is 256 g/mol. The summed E-state index contributed by atoms with van der Waals surface area (Å²) in [6.07, 6.45) is 8.51. The molecule has 18 heavy (non-hydrogen) atoms. The molecule has 0 aliphatic rings. The molecule has 0 fully saturated rings. The van der Waals surface area contributed by atoms with Crippen molar-refractivity contribution in [2.24, 2.45) is 5.92 Å². The molecule has 2 unspecified atom stereocenters. The van der Waals surface area contributed by atoms with Gasteiger partial charge in [0.25, 0.3) is 0 Å². The van der Waals surface area contributed by atoms with Crippen LogP contribution < -0.4 is 0 Å². The molecule has 108 valence electrons. The lowest BCUT2D eigenvalue weighted by molar-refractivity contribution is 0.153. The second kappa shape index (κ2) is 12.8. The zero-order valence-corrected chi connectivity index (χ0v) is 13.0. The summed E-state index contributed by atoms with van der Waals surface area (Å²) in [6, 6.07) is 0. The standard InChI is InChI=1S/C9H16.C7H16O2/c1-5-6-9(4)7-8(2)3;1-6(8)4-3-5-7(2)9/h5-8H,1-4H3;6-9H,3-5H2,1-2H3. The second-order valence-electron chi connectivity index (χ2n) is 5.28. The van der Waals surface area contributed by atoms with Crippen LogP contribution in [-0.2, 0) is 0 Å². The molecule has 0 spiro atoms. The first-order valence-electron chi connectivity index (χ1n) is 6.96. The van der Waals surface area contributed by atoms with Gasteiger partial charge in [0.15, 0.2) is 0 Å². The van der Waals surface area contributed by atoms with E-state index in [2.05, 4.69) is 39.0 Å². The molecule has 0 saturated heterocycles. The molecule has 2 heteroatoms. The summed E-state index contributed by atoms with van der Waals surface area (Å²) < 4.78 is 0. The third-order valence-corrected chi connectivity index (χ3v) is 2.27. The number of aliphatic hydroxyl groups is 2. The summed E-state index contributed by atoms with van der Waals surface area (Å²) in [5.74, 6) is 0.668. The van der Waals surface area contributed by atoms with Crippen molar-refractivity contribution in [1.82, 2.24) is 0 Å². The van der Waals surface area contributed by atoms with E-state index in [1.165, 1.54) is 5.57 Å². The van der Waals surface area contributed by atoms with Gasteiger partial charge in [0, 0.05) is 0 Å². The zero-order chi connectivity index (χ0) is 14.6. The Morgan fingerprint density at radius 1 is 1.00 bits per heavy atom. The topological polar surface area (TPSA) is 40.5 Å². The Morgan fingerprint density at radius 3 is 1.72 bits per heavy atom. The minimum absolute atomic E-state index is 0.219. The van der Waals surface area contributed by atoms with Crippen LogP contribution in [0.3, 0.4) is 0 Å². The highest BCUT2D eigenvalue weighted by Crippen LogP contribution is 2.02. The fourth-order valence-corrected chi connectivity index (χ4v) is 1.55. The van der Waals surface area contributed by atoms with E-state index in [-0.39, 0.29) is 12.2 Å². The molecule has 0 amide bonds. The van der Waals surface area contributed by atoms with Crippen LogP contribution in [0.25, 0.3) is 0 Å². The van der Waals surface area contributed by atoms with E-state index in [9.17, 15) is 0 Å². The maximum Gasteiger partial charge on any atom is 0.0512 e. The molecule has 0 aromatic heterocycles. The minimum Gasteiger partial charge on any atom is -0.393 e. The van der Waals surface area contributed by atoms with Crippen LogP contribution in [-0.4, -0.2) is 22.4 Å². The zero-order valence-electron chi connectivity index (χ0n) is 13.0. The number of rotatable bonds is 6. The van der Waals surface area contributed by atoms with Crippen LogP contribution in [0.5, 0.6) is 0 Å². The van der Waals surface area contributed by atoms with Gasteiger partial charge in [0.05, 0.1) is 12.2 Å². The van der Waals surface area contributed by atoms with E-state index in [0.29, 0.717) is 5.92 Å². The van der Waals surface area contributed by atoms with Crippen molar-refractivity contribution in [2.75, 3.05) is 0 Å². The normalized spacial score (nSPS) is 15.5. The minimum atomic E-state index is -0.219. The molecule has 0 aromatic carbocycles. The average Bonchev–Trinajstić information content (AvgIpc) is 2.16. The molecule has 0 aromatic rings. The molecule has 2 nitrogen and oxygen atoms in total. The summed E-state index contributed by atoms with van der Waals surface area (Å²) in [7, 11) is 0. The number of allylic oxidation sites excluding steroid dienone is 4. The summed E-state index contributed by atoms with van der Waals surface area (Å²) >= 11 is 0. The Bertz CT molecular complexity index is 217. The van der Waals surface area contributed by atoms with Crippen LogP contribution in [0.4, 0.5) is 0 Å².